The van der Waals surface area contributed by atoms with Crippen molar-refractivity contribution in [2.75, 3.05) is 26.3 Å². The molecule has 2 heterocycles. The van der Waals surface area contributed by atoms with Crippen molar-refractivity contribution in [2.45, 2.75) is 32.9 Å². The summed E-state index contributed by atoms with van der Waals surface area (Å²) < 4.78 is 5.44. The van der Waals surface area contributed by atoms with Gasteiger partial charge in [-0.2, -0.15) is 0 Å². The third-order valence-electron chi connectivity index (χ3n) is 3.64. The summed E-state index contributed by atoms with van der Waals surface area (Å²) in [7, 11) is 0. The fourth-order valence-electron chi connectivity index (χ4n) is 2.53. The molecule has 0 bridgehead atoms. The lowest BCUT2D eigenvalue weighted by atomic mass is 10.0. The molecule has 1 aliphatic rings. The Morgan fingerprint density at radius 2 is 2.05 bits per heavy atom. The first-order valence-electron chi connectivity index (χ1n) is 7.25. The van der Waals surface area contributed by atoms with Gasteiger partial charge >= 0.3 is 0 Å². The lowest BCUT2D eigenvalue weighted by Crippen LogP contribution is -2.48. The number of nitrogens with zero attached hydrogens (tertiary/aromatic N) is 1. The van der Waals surface area contributed by atoms with Crippen LogP contribution in [-0.2, 0) is 9.53 Å². The average Bonchev–Trinajstić information content (AvgIpc) is 2.93. The molecule has 1 aromatic heterocycles. The normalized spacial score (nSPS) is 19.8. The van der Waals surface area contributed by atoms with Crippen LogP contribution in [0, 0.1) is 5.92 Å². The van der Waals surface area contributed by atoms with Crippen molar-refractivity contribution in [3.05, 3.63) is 22.4 Å². The topological polar surface area (TPSA) is 41.6 Å². The van der Waals surface area contributed by atoms with E-state index in [1.54, 1.807) is 11.3 Å². The van der Waals surface area contributed by atoms with E-state index < -0.39 is 0 Å². The summed E-state index contributed by atoms with van der Waals surface area (Å²) in [5, 5.41) is 5.25. The van der Waals surface area contributed by atoms with Crippen molar-refractivity contribution in [1.82, 2.24) is 10.2 Å². The predicted octanol–water partition coefficient (Wildman–Crippen LogP) is 2.28. The van der Waals surface area contributed by atoms with E-state index in [0.29, 0.717) is 0 Å². The van der Waals surface area contributed by atoms with Crippen LogP contribution < -0.4 is 5.32 Å². The molecule has 1 N–H and O–H groups in total. The van der Waals surface area contributed by atoms with Crippen molar-refractivity contribution in [3.63, 3.8) is 0 Å². The van der Waals surface area contributed by atoms with E-state index in [4.69, 9.17) is 4.74 Å². The minimum absolute atomic E-state index is 0.0196. The molecule has 1 amide bonds. The van der Waals surface area contributed by atoms with Crippen molar-refractivity contribution >= 4 is 17.2 Å². The van der Waals surface area contributed by atoms with Crippen LogP contribution in [0.2, 0.25) is 0 Å². The molecular formula is C15H24N2O2S. The van der Waals surface area contributed by atoms with Gasteiger partial charge in [0.05, 0.1) is 19.3 Å². The van der Waals surface area contributed by atoms with E-state index in [9.17, 15) is 4.79 Å². The van der Waals surface area contributed by atoms with Gasteiger partial charge in [0.25, 0.3) is 0 Å². The maximum Gasteiger partial charge on any atom is 0.222 e. The van der Waals surface area contributed by atoms with Gasteiger partial charge in [0.1, 0.15) is 0 Å². The van der Waals surface area contributed by atoms with Crippen LogP contribution in [0.3, 0.4) is 0 Å². The molecule has 0 saturated carbocycles. The van der Waals surface area contributed by atoms with Crippen LogP contribution in [-0.4, -0.2) is 43.2 Å². The maximum absolute atomic E-state index is 12.0. The third-order valence-corrected chi connectivity index (χ3v) is 4.58. The van der Waals surface area contributed by atoms with Crippen LogP contribution >= 0.6 is 11.3 Å². The number of hydrogen-bond acceptors (Lipinski definition) is 4. The molecule has 5 heteroatoms. The van der Waals surface area contributed by atoms with Crippen molar-refractivity contribution in [3.8, 4) is 0 Å². The zero-order chi connectivity index (χ0) is 14.5. The van der Waals surface area contributed by atoms with Crippen molar-refractivity contribution < 1.29 is 9.53 Å². The Kier molecular flexibility index (Phi) is 5.57. The smallest absolute Gasteiger partial charge is 0.222 e. The fraction of sp³-hybridized carbons (Fsp3) is 0.667. The Labute approximate surface area is 125 Å². The summed E-state index contributed by atoms with van der Waals surface area (Å²) >= 11 is 1.75. The molecule has 1 fully saturated rings. The summed E-state index contributed by atoms with van der Waals surface area (Å²) in [5.41, 5.74) is 0. The van der Waals surface area contributed by atoms with Crippen LogP contribution in [0.15, 0.2) is 17.5 Å². The van der Waals surface area contributed by atoms with Gasteiger partial charge in [-0.3, -0.25) is 9.69 Å². The fourth-order valence-corrected chi connectivity index (χ4v) is 3.49. The summed E-state index contributed by atoms with van der Waals surface area (Å²) in [4.78, 5) is 15.7. The number of thiophene rings is 1. The van der Waals surface area contributed by atoms with Crippen LogP contribution in [0.25, 0.3) is 0 Å². The zero-order valence-corrected chi connectivity index (χ0v) is 13.3. The molecule has 2 rings (SSSR count). The second-order valence-corrected chi connectivity index (χ2v) is 6.54. The van der Waals surface area contributed by atoms with E-state index in [1.165, 1.54) is 4.88 Å². The van der Waals surface area contributed by atoms with Gasteiger partial charge in [0.15, 0.2) is 0 Å². The highest BCUT2D eigenvalue weighted by Crippen LogP contribution is 2.29. The first-order valence-corrected chi connectivity index (χ1v) is 8.13. The monoisotopic (exact) mass is 296 g/mol. The molecular weight excluding hydrogens is 272 g/mol. The second-order valence-electron chi connectivity index (χ2n) is 5.56. The number of rotatable bonds is 5. The lowest BCUT2D eigenvalue weighted by Gasteiger charge is -2.37. The second kappa shape index (κ2) is 7.20. The minimum atomic E-state index is 0.0196. The molecule has 1 aliphatic heterocycles. The van der Waals surface area contributed by atoms with E-state index >= 15 is 0 Å². The molecule has 0 radical (unpaired) electrons. The Bertz CT molecular complexity index is 414. The number of carbonyl (C=O) groups is 1. The number of hydrogen-bond donors (Lipinski definition) is 1. The molecule has 0 unspecified atom stereocenters. The van der Waals surface area contributed by atoms with E-state index in [2.05, 4.69) is 34.7 Å². The predicted molar refractivity (Wildman–Crippen MR) is 81.9 cm³/mol. The van der Waals surface area contributed by atoms with Gasteiger partial charge in [0, 0.05) is 29.9 Å². The van der Waals surface area contributed by atoms with Crippen LogP contribution in [0.1, 0.15) is 31.7 Å². The Hall–Kier alpha value is -0.910. The number of ether oxygens (including phenoxy) is 1. The Morgan fingerprint density at radius 3 is 2.60 bits per heavy atom. The Morgan fingerprint density at radius 1 is 1.35 bits per heavy atom. The van der Waals surface area contributed by atoms with Crippen LogP contribution in [0.4, 0.5) is 0 Å². The highest BCUT2D eigenvalue weighted by Gasteiger charge is 2.29. The van der Waals surface area contributed by atoms with Gasteiger partial charge in [-0.05, 0) is 18.4 Å². The molecule has 0 aromatic carbocycles. The summed E-state index contributed by atoms with van der Waals surface area (Å²) in [5.74, 6) is 0.137. The first-order chi connectivity index (χ1) is 9.59. The maximum atomic E-state index is 12.0. The third kappa shape index (κ3) is 3.81. The number of amides is 1. The number of morpholine rings is 1. The molecule has 2 atom stereocenters. The number of carbonyl (C=O) groups excluding carboxylic acids is 1. The molecule has 20 heavy (non-hydrogen) atoms. The molecule has 0 aliphatic carbocycles. The molecule has 112 valence electrons. The standard InChI is InChI=1S/C15H24N2O2S/c1-11(2)15(18)16-12(3)14(13-5-4-10-20-13)17-6-8-19-9-7-17/h4-5,10-12,14H,6-9H2,1-3H3,(H,16,18)/t12-,14+/m0/s1. The summed E-state index contributed by atoms with van der Waals surface area (Å²) in [6.07, 6.45) is 0. The van der Waals surface area contributed by atoms with Crippen LogP contribution in [0.5, 0.6) is 0 Å². The zero-order valence-electron chi connectivity index (χ0n) is 12.5. The van der Waals surface area contributed by atoms with Gasteiger partial charge in [-0.1, -0.05) is 19.9 Å². The summed E-state index contributed by atoms with van der Waals surface area (Å²) in [6, 6.07) is 4.57. The van der Waals surface area contributed by atoms with E-state index in [-0.39, 0.29) is 23.9 Å². The van der Waals surface area contributed by atoms with Crippen molar-refractivity contribution in [2.24, 2.45) is 5.92 Å². The molecule has 1 aromatic rings. The molecule has 4 nitrogen and oxygen atoms in total. The largest absolute Gasteiger partial charge is 0.379 e. The summed E-state index contributed by atoms with van der Waals surface area (Å²) in [6.45, 7) is 9.34. The van der Waals surface area contributed by atoms with E-state index in [0.717, 1.165) is 26.3 Å². The first kappa shape index (κ1) is 15.5. The number of nitrogens with one attached hydrogen (secondary N) is 1. The minimum Gasteiger partial charge on any atom is -0.379 e. The SMILES string of the molecule is CC(C)C(=O)N[C@@H](C)[C@H](c1cccs1)N1CCOCC1. The lowest BCUT2D eigenvalue weighted by molar-refractivity contribution is -0.125. The highest BCUT2D eigenvalue weighted by molar-refractivity contribution is 7.10. The van der Waals surface area contributed by atoms with Gasteiger partial charge in [-0.25, -0.2) is 0 Å². The van der Waals surface area contributed by atoms with Crippen molar-refractivity contribution in [1.29, 1.82) is 0 Å². The Balaban J connectivity index is 2.11. The highest BCUT2D eigenvalue weighted by atomic mass is 32.1. The van der Waals surface area contributed by atoms with E-state index in [1.807, 2.05) is 13.8 Å². The van der Waals surface area contributed by atoms with Gasteiger partial charge in [0.2, 0.25) is 5.91 Å². The van der Waals surface area contributed by atoms with Gasteiger partial charge < -0.3 is 10.1 Å². The van der Waals surface area contributed by atoms with Gasteiger partial charge in [-0.15, -0.1) is 11.3 Å². The quantitative estimate of drug-likeness (QED) is 0.906. The average molecular weight is 296 g/mol. The molecule has 1 saturated heterocycles. The molecule has 0 spiro atoms.